The molecule has 0 N–H and O–H groups in total. The molecule has 0 aliphatic heterocycles. The lowest BCUT2D eigenvalue weighted by Crippen LogP contribution is -2.10. The minimum atomic E-state index is 0.258. The van der Waals surface area contributed by atoms with Gasteiger partial charge in [-0.2, -0.15) is 0 Å². The van der Waals surface area contributed by atoms with Crippen molar-refractivity contribution in [3.05, 3.63) is 71.8 Å². The van der Waals surface area contributed by atoms with Gasteiger partial charge in [0.05, 0.1) is 0 Å². The smallest absolute Gasteiger partial charge is 0.130 e. The van der Waals surface area contributed by atoms with Gasteiger partial charge < -0.3 is 4.79 Å². The quantitative estimate of drug-likeness (QED) is 0.757. The number of carbonyl (C=O) groups is 1. The van der Waals surface area contributed by atoms with Gasteiger partial charge in [0.15, 0.2) is 0 Å². The molecular formula is C20H26O. The number of benzene rings is 2. The molecule has 1 heteroatoms. The van der Waals surface area contributed by atoms with Crippen LogP contribution in [0.4, 0.5) is 0 Å². The van der Waals surface area contributed by atoms with E-state index in [2.05, 4.69) is 51.1 Å². The van der Waals surface area contributed by atoms with Crippen molar-refractivity contribution in [2.45, 2.75) is 46.0 Å². The minimum absolute atomic E-state index is 0.258. The van der Waals surface area contributed by atoms with Gasteiger partial charge in [-0.3, -0.25) is 0 Å². The van der Waals surface area contributed by atoms with E-state index in [1.54, 1.807) is 6.92 Å². The van der Waals surface area contributed by atoms with Crippen LogP contribution in [-0.2, 0) is 16.6 Å². The van der Waals surface area contributed by atoms with E-state index in [1.807, 2.05) is 30.3 Å². The van der Waals surface area contributed by atoms with E-state index in [9.17, 15) is 4.79 Å². The van der Waals surface area contributed by atoms with Crippen molar-refractivity contribution in [1.82, 2.24) is 0 Å². The zero-order chi connectivity index (χ0) is 15.7. The first-order chi connectivity index (χ1) is 9.89. The van der Waals surface area contributed by atoms with Crippen molar-refractivity contribution in [1.29, 1.82) is 0 Å². The van der Waals surface area contributed by atoms with Crippen LogP contribution in [0.1, 0.15) is 45.2 Å². The second-order valence-electron chi connectivity index (χ2n) is 6.30. The van der Waals surface area contributed by atoms with Gasteiger partial charge >= 0.3 is 0 Å². The van der Waals surface area contributed by atoms with E-state index >= 15 is 0 Å². The number of rotatable bonds is 3. The Morgan fingerprint density at radius 2 is 1.33 bits per heavy atom. The molecule has 0 aliphatic carbocycles. The molecule has 0 bridgehead atoms. The summed E-state index contributed by atoms with van der Waals surface area (Å²) in [7, 11) is 0. The molecule has 0 heterocycles. The Kier molecular flexibility index (Phi) is 6.87. The molecular weight excluding hydrogens is 256 g/mol. The van der Waals surface area contributed by atoms with E-state index in [0.717, 1.165) is 6.42 Å². The van der Waals surface area contributed by atoms with E-state index in [1.165, 1.54) is 11.1 Å². The SMILES string of the molecule is CC(=O)CCc1ccccc1.CC(C)(C)c1ccccc1. The number of hydrogen-bond donors (Lipinski definition) is 0. The fourth-order valence-electron chi connectivity index (χ4n) is 1.90. The van der Waals surface area contributed by atoms with Crippen molar-refractivity contribution >= 4 is 5.78 Å². The van der Waals surface area contributed by atoms with Gasteiger partial charge in [0.1, 0.15) is 5.78 Å². The second-order valence-corrected chi connectivity index (χ2v) is 6.30. The van der Waals surface area contributed by atoms with Crippen molar-refractivity contribution in [2.24, 2.45) is 0 Å². The summed E-state index contributed by atoms with van der Waals surface area (Å²) in [6, 6.07) is 20.6. The summed E-state index contributed by atoms with van der Waals surface area (Å²) < 4.78 is 0. The Labute approximate surface area is 129 Å². The maximum Gasteiger partial charge on any atom is 0.130 e. The number of hydrogen-bond acceptors (Lipinski definition) is 1. The molecule has 1 nitrogen and oxygen atoms in total. The highest BCUT2D eigenvalue weighted by molar-refractivity contribution is 5.75. The molecule has 0 spiro atoms. The molecule has 2 aromatic carbocycles. The van der Waals surface area contributed by atoms with Crippen molar-refractivity contribution in [3.8, 4) is 0 Å². The van der Waals surface area contributed by atoms with Gasteiger partial charge in [0, 0.05) is 6.42 Å². The fourth-order valence-corrected chi connectivity index (χ4v) is 1.90. The summed E-state index contributed by atoms with van der Waals surface area (Å²) in [5.41, 5.74) is 2.93. The first-order valence-electron chi connectivity index (χ1n) is 7.48. The normalized spacial score (nSPS) is 10.5. The van der Waals surface area contributed by atoms with Crippen LogP contribution in [0, 0.1) is 0 Å². The van der Waals surface area contributed by atoms with Crippen LogP contribution in [0.3, 0.4) is 0 Å². The predicted molar refractivity (Wildman–Crippen MR) is 90.6 cm³/mol. The lowest BCUT2D eigenvalue weighted by atomic mass is 9.87. The molecule has 2 rings (SSSR count). The Hall–Kier alpha value is -1.89. The third-order valence-electron chi connectivity index (χ3n) is 3.25. The van der Waals surface area contributed by atoms with E-state index in [-0.39, 0.29) is 5.78 Å². The first kappa shape index (κ1) is 17.2. The van der Waals surface area contributed by atoms with Gasteiger partial charge in [-0.15, -0.1) is 0 Å². The van der Waals surface area contributed by atoms with Crippen molar-refractivity contribution in [3.63, 3.8) is 0 Å². The molecule has 0 radical (unpaired) electrons. The molecule has 0 saturated carbocycles. The topological polar surface area (TPSA) is 17.1 Å². The molecule has 2 aromatic rings. The molecule has 0 atom stereocenters. The van der Waals surface area contributed by atoms with Crippen LogP contribution in [0.2, 0.25) is 0 Å². The third-order valence-corrected chi connectivity index (χ3v) is 3.25. The third kappa shape index (κ3) is 7.45. The average Bonchev–Trinajstić information content (AvgIpc) is 2.47. The molecule has 0 aromatic heterocycles. The highest BCUT2D eigenvalue weighted by atomic mass is 16.1. The largest absolute Gasteiger partial charge is 0.300 e. The average molecular weight is 282 g/mol. The van der Waals surface area contributed by atoms with Gasteiger partial charge in [-0.05, 0) is 29.9 Å². The van der Waals surface area contributed by atoms with Gasteiger partial charge in [-0.25, -0.2) is 0 Å². The maximum absolute atomic E-state index is 10.6. The zero-order valence-corrected chi connectivity index (χ0v) is 13.6. The Morgan fingerprint density at radius 1 is 0.857 bits per heavy atom. The van der Waals surface area contributed by atoms with Crippen LogP contribution in [0.15, 0.2) is 60.7 Å². The molecule has 0 amide bonds. The molecule has 0 fully saturated rings. The molecule has 21 heavy (non-hydrogen) atoms. The number of aryl methyl sites for hydroxylation is 1. The summed E-state index contributed by atoms with van der Waals surface area (Å²) in [6.45, 7) is 8.30. The van der Waals surface area contributed by atoms with Crippen molar-refractivity contribution in [2.75, 3.05) is 0 Å². The summed E-state index contributed by atoms with van der Waals surface area (Å²) in [6.07, 6.45) is 1.53. The Morgan fingerprint density at radius 3 is 1.71 bits per heavy atom. The summed E-state index contributed by atoms with van der Waals surface area (Å²) in [5.74, 6) is 0.258. The van der Waals surface area contributed by atoms with Gasteiger partial charge in [0.2, 0.25) is 0 Å². The van der Waals surface area contributed by atoms with Crippen LogP contribution >= 0.6 is 0 Å². The number of ketones is 1. The first-order valence-corrected chi connectivity index (χ1v) is 7.48. The van der Waals surface area contributed by atoms with Crippen LogP contribution < -0.4 is 0 Å². The fraction of sp³-hybridized carbons (Fsp3) is 0.350. The minimum Gasteiger partial charge on any atom is -0.300 e. The maximum atomic E-state index is 10.6. The van der Waals surface area contributed by atoms with E-state index in [0.29, 0.717) is 11.8 Å². The Balaban J connectivity index is 0.000000211. The molecule has 0 saturated heterocycles. The highest BCUT2D eigenvalue weighted by Gasteiger charge is 2.11. The molecule has 112 valence electrons. The van der Waals surface area contributed by atoms with Gasteiger partial charge in [0.25, 0.3) is 0 Å². The highest BCUT2D eigenvalue weighted by Crippen LogP contribution is 2.20. The van der Waals surface area contributed by atoms with Gasteiger partial charge in [-0.1, -0.05) is 81.4 Å². The molecule has 0 aliphatic rings. The lowest BCUT2D eigenvalue weighted by Gasteiger charge is -2.18. The van der Waals surface area contributed by atoms with Crippen LogP contribution in [0.5, 0.6) is 0 Å². The number of Topliss-reactive ketones (excluding diaryl/α,β-unsaturated/α-hetero) is 1. The van der Waals surface area contributed by atoms with E-state index < -0.39 is 0 Å². The number of carbonyl (C=O) groups excluding carboxylic acids is 1. The second kappa shape index (κ2) is 8.41. The van der Waals surface area contributed by atoms with E-state index in [4.69, 9.17) is 0 Å². The summed E-state index contributed by atoms with van der Waals surface area (Å²) in [5, 5.41) is 0. The zero-order valence-electron chi connectivity index (χ0n) is 13.6. The lowest BCUT2D eigenvalue weighted by molar-refractivity contribution is -0.116. The summed E-state index contributed by atoms with van der Waals surface area (Å²) in [4.78, 5) is 10.6. The Bertz CT molecular complexity index is 521. The van der Waals surface area contributed by atoms with Crippen LogP contribution in [0.25, 0.3) is 0 Å². The monoisotopic (exact) mass is 282 g/mol. The molecule has 0 unspecified atom stereocenters. The standard InChI is InChI=1S/C10H12O.C10H14/c1-9(11)7-8-10-5-3-2-4-6-10;1-10(2,3)9-7-5-4-6-8-9/h2-6H,7-8H2,1H3;4-8H,1-3H3. The predicted octanol–water partition coefficient (Wildman–Crippen LogP) is 5.19. The summed E-state index contributed by atoms with van der Waals surface area (Å²) >= 11 is 0. The van der Waals surface area contributed by atoms with Crippen LogP contribution in [-0.4, -0.2) is 5.78 Å². The van der Waals surface area contributed by atoms with Crippen molar-refractivity contribution < 1.29 is 4.79 Å².